The van der Waals surface area contributed by atoms with E-state index in [1.54, 1.807) is 6.07 Å². The molecule has 3 N–H and O–H groups in total. The molecule has 2 heterocycles. The molecule has 0 aliphatic rings. The van der Waals surface area contributed by atoms with Gasteiger partial charge in [0, 0.05) is 16.8 Å². The van der Waals surface area contributed by atoms with Crippen molar-refractivity contribution in [1.29, 1.82) is 0 Å². The second-order valence-corrected chi connectivity index (χ2v) is 5.65. The first-order chi connectivity index (χ1) is 11.0. The van der Waals surface area contributed by atoms with Crippen LogP contribution in [-0.4, -0.2) is 19.9 Å². The minimum atomic E-state index is -0.542. The zero-order valence-electron chi connectivity index (χ0n) is 12.1. The lowest BCUT2D eigenvalue weighted by Gasteiger charge is -2.07. The lowest BCUT2D eigenvalue weighted by atomic mass is 10.1. The molecular weight excluding hydrogens is 318 g/mol. The van der Waals surface area contributed by atoms with Crippen LogP contribution in [0.15, 0.2) is 30.5 Å². The van der Waals surface area contributed by atoms with Crippen molar-refractivity contribution < 1.29 is 4.92 Å². The summed E-state index contributed by atoms with van der Waals surface area (Å²) < 4.78 is 0. The number of aromatic nitrogens is 3. The van der Waals surface area contributed by atoms with E-state index in [-0.39, 0.29) is 5.95 Å². The summed E-state index contributed by atoms with van der Waals surface area (Å²) in [5, 5.41) is 12.2. The molecule has 0 fully saturated rings. The number of imidazole rings is 1. The first kappa shape index (κ1) is 15.2. The fourth-order valence-electron chi connectivity index (χ4n) is 2.44. The molecule has 23 heavy (non-hydrogen) atoms. The number of nitrogen functional groups attached to an aromatic ring is 1. The Morgan fingerprint density at radius 3 is 2.87 bits per heavy atom. The maximum absolute atomic E-state index is 10.6. The largest absolute Gasteiger partial charge is 0.432 e. The summed E-state index contributed by atoms with van der Waals surface area (Å²) in [4.78, 5) is 20.8. The number of pyridine rings is 1. The van der Waals surface area contributed by atoms with E-state index in [1.807, 2.05) is 18.2 Å². The van der Waals surface area contributed by atoms with Crippen LogP contribution in [0.3, 0.4) is 0 Å². The number of nitro groups is 1. The predicted molar refractivity (Wildman–Crippen MR) is 88.4 cm³/mol. The monoisotopic (exact) mass is 331 g/mol. The fourth-order valence-corrected chi connectivity index (χ4v) is 2.60. The molecule has 0 spiro atoms. The van der Waals surface area contributed by atoms with Crippen LogP contribution in [0.2, 0.25) is 5.02 Å². The van der Waals surface area contributed by atoms with Crippen LogP contribution in [-0.2, 0) is 12.8 Å². The van der Waals surface area contributed by atoms with Crippen molar-refractivity contribution in [2.45, 2.75) is 19.3 Å². The van der Waals surface area contributed by atoms with Gasteiger partial charge in [0.05, 0.1) is 5.52 Å². The molecule has 0 atom stereocenters. The topological polar surface area (TPSA) is 111 Å². The summed E-state index contributed by atoms with van der Waals surface area (Å²) in [5.74, 6) is 0.249. The molecule has 1 aromatic carbocycles. The number of hydrogen-bond donors (Lipinski definition) is 2. The van der Waals surface area contributed by atoms with E-state index >= 15 is 0 Å². The Labute approximate surface area is 136 Å². The number of halogens is 1. The number of nitrogens with one attached hydrogen (secondary N) is 1. The minimum Gasteiger partial charge on any atom is -0.390 e. The predicted octanol–water partition coefficient (Wildman–Crippen LogP) is 3.28. The Balaban J connectivity index is 1.70. The molecule has 0 amide bonds. The zero-order valence-corrected chi connectivity index (χ0v) is 12.9. The molecule has 7 nitrogen and oxygen atoms in total. The lowest BCUT2D eigenvalue weighted by Crippen LogP contribution is -2.00. The maximum Gasteiger partial charge on any atom is 0.432 e. The van der Waals surface area contributed by atoms with Crippen LogP contribution >= 0.6 is 11.6 Å². The quantitative estimate of drug-likeness (QED) is 0.550. The van der Waals surface area contributed by atoms with Gasteiger partial charge in [-0.1, -0.05) is 22.7 Å². The van der Waals surface area contributed by atoms with Gasteiger partial charge in [0.2, 0.25) is 0 Å². The Bertz CT molecular complexity index is 877. The molecule has 0 saturated carbocycles. The van der Waals surface area contributed by atoms with Crippen LogP contribution in [0.25, 0.3) is 10.9 Å². The summed E-state index contributed by atoms with van der Waals surface area (Å²) in [6, 6.07) is 7.51. The van der Waals surface area contributed by atoms with E-state index < -0.39 is 4.92 Å². The summed E-state index contributed by atoms with van der Waals surface area (Å²) in [6.45, 7) is 0. The van der Waals surface area contributed by atoms with Crippen LogP contribution in [0, 0.1) is 10.1 Å². The fraction of sp³-hybridized carbons (Fsp3) is 0.200. The number of nitrogens with zero attached hydrogens (tertiary/aromatic N) is 3. The van der Waals surface area contributed by atoms with Crippen molar-refractivity contribution in [1.82, 2.24) is 15.0 Å². The molecule has 0 radical (unpaired) electrons. The number of anilines is 1. The summed E-state index contributed by atoms with van der Waals surface area (Å²) in [7, 11) is 0. The number of rotatable bonds is 5. The van der Waals surface area contributed by atoms with E-state index in [4.69, 9.17) is 17.3 Å². The first-order valence-corrected chi connectivity index (χ1v) is 7.43. The normalized spacial score (nSPS) is 11.0. The van der Waals surface area contributed by atoms with Crippen LogP contribution in [0.4, 0.5) is 11.8 Å². The number of aromatic amines is 1. The van der Waals surface area contributed by atoms with Crippen LogP contribution < -0.4 is 5.73 Å². The van der Waals surface area contributed by atoms with Gasteiger partial charge in [-0.15, -0.1) is 0 Å². The number of fused-ring (bicyclic) bond motifs is 1. The Kier molecular flexibility index (Phi) is 4.12. The number of nitrogens with two attached hydrogens (primary N) is 1. The highest BCUT2D eigenvalue weighted by molar-refractivity contribution is 6.31. The highest BCUT2D eigenvalue weighted by atomic mass is 35.5. The molecule has 0 aliphatic heterocycles. The number of H-pyrrole nitrogens is 1. The third-order valence-corrected chi connectivity index (χ3v) is 3.81. The van der Waals surface area contributed by atoms with Gasteiger partial charge in [0.25, 0.3) is 0 Å². The molecule has 2 aromatic heterocycles. The molecule has 0 unspecified atom stereocenters. The average Bonchev–Trinajstić information content (AvgIpc) is 2.97. The van der Waals surface area contributed by atoms with Gasteiger partial charge < -0.3 is 15.8 Å². The summed E-state index contributed by atoms with van der Waals surface area (Å²) in [6.07, 6.45) is 3.65. The van der Waals surface area contributed by atoms with Crippen molar-refractivity contribution in [3.63, 3.8) is 0 Å². The summed E-state index contributed by atoms with van der Waals surface area (Å²) >= 11 is 5.95. The Morgan fingerprint density at radius 1 is 1.30 bits per heavy atom. The van der Waals surface area contributed by atoms with Crippen molar-refractivity contribution in [3.8, 4) is 0 Å². The van der Waals surface area contributed by atoms with Gasteiger partial charge in [-0.2, -0.15) is 0 Å². The lowest BCUT2D eigenvalue weighted by molar-refractivity contribution is -0.393. The second-order valence-electron chi connectivity index (χ2n) is 5.21. The highest BCUT2D eigenvalue weighted by Gasteiger charge is 2.11. The molecular formula is C15H14ClN5O2. The van der Waals surface area contributed by atoms with Gasteiger partial charge >= 0.3 is 5.95 Å². The Morgan fingerprint density at radius 2 is 2.13 bits per heavy atom. The Hall–Kier alpha value is -2.67. The van der Waals surface area contributed by atoms with E-state index in [9.17, 15) is 10.1 Å². The summed E-state index contributed by atoms with van der Waals surface area (Å²) in [5.41, 5.74) is 8.45. The molecule has 0 aliphatic carbocycles. The SMILES string of the molecule is Nc1nc2cc(Cl)ccc2cc1CCCc1cnc([N+](=O)[O-])[nH]1. The van der Waals surface area contributed by atoms with E-state index in [1.165, 1.54) is 6.20 Å². The molecule has 118 valence electrons. The molecule has 0 bridgehead atoms. The third kappa shape index (κ3) is 3.40. The van der Waals surface area contributed by atoms with Gasteiger partial charge in [-0.05, 0) is 41.5 Å². The van der Waals surface area contributed by atoms with Crippen molar-refractivity contribution in [2.75, 3.05) is 5.73 Å². The van der Waals surface area contributed by atoms with Crippen molar-refractivity contribution >= 4 is 34.3 Å². The van der Waals surface area contributed by atoms with Crippen molar-refractivity contribution in [3.05, 3.63) is 56.9 Å². The zero-order chi connectivity index (χ0) is 16.4. The molecule has 3 aromatic rings. The van der Waals surface area contributed by atoms with E-state index in [2.05, 4.69) is 15.0 Å². The number of benzene rings is 1. The molecule has 8 heteroatoms. The number of hydrogen-bond acceptors (Lipinski definition) is 5. The second kappa shape index (κ2) is 6.21. The highest BCUT2D eigenvalue weighted by Crippen LogP contribution is 2.23. The van der Waals surface area contributed by atoms with E-state index in [0.717, 1.165) is 35.0 Å². The standard InChI is InChI=1S/C15H14ClN5O2/c16-11-5-4-9-6-10(14(17)20-13(9)7-11)2-1-3-12-8-18-15(19-12)21(22)23/h4-8H,1-3H2,(H2,17,20)(H,18,19). The van der Waals surface area contributed by atoms with E-state index in [0.29, 0.717) is 17.3 Å². The molecule has 3 rings (SSSR count). The number of aryl methyl sites for hydroxylation is 2. The average molecular weight is 332 g/mol. The maximum atomic E-state index is 10.6. The minimum absolute atomic E-state index is 0.233. The van der Waals surface area contributed by atoms with Gasteiger partial charge in [-0.3, -0.25) is 0 Å². The smallest absolute Gasteiger partial charge is 0.390 e. The van der Waals surface area contributed by atoms with Gasteiger partial charge in [0.15, 0.2) is 0 Å². The molecule has 0 saturated heterocycles. The third-order valence-electron chi connectivity index (χ3n) is 3.57. The van der Waals surface area contributed by atoms with Crippen molar-refractivity contribution in [2.24, 2.45) is 0 Å². The van der Waals surface area contributed by atoms with Gasteiger partial charge in [-0.25, -0.2) is 9.97 Å². The first-order valence-electron chi connectivity index (χ1n) is 7.06. The van der Waals surface area contributed by atoms with Gasteiger partial charge in [0.1, 0.15) is 17.7 Å². The van der Waals surface area contributed by atoms with Crippen LogP contribution in [0.1, 0.15) is 17.7 Å². The van der Waals surface area contributed by atoms with Crippen LogP contribution in [0.5, 0.6) is 0 Å².